The van der Waals surface area contributed by atoms with Crippen molar-refractivity contribution in [1.29, 1.82) is 0 Å². The zero-order chi connectivity index (χ0) is 18.7. The molecule has 5 heteroatoms. The van der Waals surface area contributed by atoms with Crippen molar-refractivity contribution in [3.8, 4) is 11.5 Å². The molecule has 0 unspecified atom stereocenters. The molecular formula is C21H21N3O2. The minimum atomic E-state index is -0.292. The Morgan fingerprint density at radius 1 is 1.00 bits per heavy atom. The van der Waals surface area contributed by atoms with Crippen molar-refractivity contribution in [2.24, 2.45) is 0 Å². The zero-order valence-corrected chi connectivity index (χ0v) is 15.0. The average molecular weight is 347 g/mol. The summed E-state index contributed by atoms with van der Waals surface area (Å²) < 4.78 is 5.84. The SMILES string of the molecule is Cc1ccc(Oc2cccc(NC(=O)c3c(C)cc(C)nc3N)c2)cc1. The Balaban J connectivity index is 1.78. The van der Waals surface area contributed by atoms with E-state index in [0.717, 1.165) is 22.6 Å². The number of nitrogens with one attached hydrogen (secondary N) is 1. The molecule has 26 heavy (non-hydrogen) atoms. The molecule has 0 saturated carbocycles. The quantitative estimate of drug-likeness (QED) is 0.721. The van der Waals surface area contributed by atoms with Gasteiger partial charge in [-0.2, -0.15) is 0 Å². The minimum Gasteiger partial charge on any atom is -0.457 e. The van der Waals surface area contributed by atoms with E-state index in [9.17, 15) is 4.79 Å². The molecule has 0 radical (unpaired) electrons. The Kier molecular flexibility index (Phi) is 4.89. The van der Waals surface area contributed by atoms with Crippen LogP contribution in [0.4, 0.5) is 11.5 Å². The van der Waals surface area contributed by atoms with Gasteiger partial charge in [0, 0.05) is 17.4 Å². The fraction of sp³-hybridized carbons (Fsp3) is 0.143. The minimum absolute atomic E-state index is 0.229. The van der Waals surface area contributed by atoms with Crippen LogP contribution in [0.15, 0.2) is 54.6 Å². The van der Waals surface area contributed by atoms with Gasteiger partial charge in [0.1, 0.15) is 17.3 Å². The maximum Gasteiger partial charge on any atom is 0.259 e. The van der Waals surface area contributed by atoms with E-state index in [-0.39, 0.29) is 11.7 Å². The number of pyridine rings is 1. The standard InChI is InChI=1S/C21H21N3O2/c1-13-7-9-17(10-8-13)26-18-6-4-5-16(12-18)24-21(25)19-14(2)11-15(3)23-20(19)22/h4-12H,1-3H3,(H2,22,23)(H,24,25). The predicted molar refractivity (Wildman–Crippen MR) is 104 cm³/mol. The molecular weight excluding hydrogens is 326 g/mol. The van der Waals surface area contributed by atoms with E-state index in [2.05, 4.69) is 10.3 Å². The largest absolute Gasteiger partial charge is 0.457 e. The summed E-state index contributed by atoms with van der Waals surface area (Å²) in [5.74, 6) is 1.31. The van der Waals surface area contributed by atoms with Gasteiger partial charge in [0.05, 0.1) is 5.56 Å². The third-order valence-electron chi connectivity index (χ3n) is 3.95. The van der Waals surface area contributed by atoms with Crippen LogP contribution in [0.2, 0.25) is 0 Å². The number of carbonyl (C=O) groups excluding carboxylic acids is 1. The Morgan fingerprint density at radius 3 is 2.42 bits per heavy atom. The number of hydrogen-bond donors (Lipinski definition) is 2. The number of aromatic nitrogens is 1. The third-order valence-corrected chi connectivity index (χ3v) is 3.95. The summed E-state index contributed by atoms with van der Waals surface area (Å²) in [6.45, 7) is 5.71. The molecule has 0 aliphatic carbocycles. The van der Waals surface area contributed by atoms with E-state index in [1.807, 2.05) is 63.2 Å². The molecule has 0 atom stereocenters. The van der Waals surface area contributed by atoms with Crippen molar-refractivity contribution in [2.75, 3.05) is 11.1 Å². The summed E-state index contributed by atoms with van der Waals surface area (Å²) in [6, 6.07) is 16.8. The van der Waals surface area contributed by atoms with Gasteiger partial charge in [0.25, 0.3) is 5.91 Å². The van der Waals surface area contributed by atoms with Crippen molar-refractivity contribution in [1.82, 2.24) is 4.98 Å². The van der Waals surface area contributed by atoms with Crippen molar-refractivity contribution in [2.45, 2.75) is 20.8 Å². The van der Waals surface area contributed by atoms with Crippen molar-refractivity contribution >= 4 is 17.4 Å². The summed E-state index contributed by atoms with van der Waals surface area (Å²) in [6.07, 6.45) is 0. The molecule has 3 N–H and O–H groups in total. The summed E-state index contributed by atoms with van der Waals surface area (Å²) in [4.78, 5) is 16.8. The molecule has 0 saturated heterocycles. The van der Waals surface area contributed by atoms with Gasteiger partial charge in [0.2, 0.25) is 0 Å². The smallest absolute Gasteiger partial charge is 0.259 e. The summed E-state index contributed by atoms with van der Waals surface area (Å²) in [5, 5.41) is 2.86. The zero-order valence-electron chi connectivity index (χ0n) is 15.0. The van der Waals surface area contributed by atoms with Gasteiger partial charge in [-0.15, -0.1) is 0 Å². The number of rotatable bonds is 4. The van der Waals surface area contributed by atoms with Gasteiger partial charge >= 0.3 is 0 Å². The molecule has 0 aliphatic rings. The van der Waals surface area contributed by atoms with Crippen LogP contribution < -0.4 is 15.8 Å². The van der Waals surface area contributed by atoms with E-state index >= 15 is 0 Å². The molecule has 0 spiro atoms. The van der Waals surface area contributed by atoms with Crippen LogP contribution in [-0.4, -0.2) is 10.9 Å². The molecule has 0 bridgehead atoms. The van der Waals surface area contributed by atoms with Crippen LogP contribution in [0.5, 0.6) is 11.5 Å². The number of ether oxygens (including phenoxy) is 1. The lowest BCUT2D eigenvalue weighted by atomic mass is 10.1. The number of aryl methyl sites for hydroxylation is 3. The number of nitrogens with zero attached hydrogens (tertiary/aromatic N) is 1. The lowest BCUT2D eigenvalue weighted by molar-refractivity contribution is 0.102. The highest BCUT2D eigenvalue weighted by Gasteiger charge is 2.15. The van der Waals surface area contributed by atoms with E-state index in [0.29, 0.717) is 17.0 Å². The monoisotopic (exact) mass is 347 g/mol. The van der Waals surface area contributed by atoms with Crippen LogP contribution in [0.3, 0.4) is 0 Å². The number of nitrogen functional groups attached to an aromatic ring is 1. The molecule has 1 amide bonds. The van der Waals surface area contributed by atoms with Crippen LogP contribution in [0.25, 0.3) is 0 Å². The van der Waals surface area contributed by atoms with E-state index in [1.165, 1.54) is 0 Å². The van der Waals surface area contributed by atoms with Crippen molar-refractivity contribution in [3.63, 3.8) is 0 Å². The Labute approximate surface area is 152 Å². The molecule has 132 valence electrons. The fourth-order valence-corrected chi connectivity index (χ4v) is 2.73. The van der Waals surface area contributed by atoms with Crippen LogP contribution in [-0.2, 0) is 0 Å². The molecule has 5 nitrogen and oxygen atoms in total. The van der Waals surface area contributed by atoms with E-state index < -0.39 is 0 Å². The topological polar surface area (TPSA) is 77.2 Å². The second-order valence-corrected chi connectivity index (χ2v) is 6.24. The van der Waals surface area contributed by atoms with E-state index in [4.69, 9.17) is 10.5 Å². The molecule has 3 rings (SSSR count). The Morgan fingerprint density at radius 2 is 1.73 bits per heavy atom. The number of anilines is 2. The van der Waals surface area contributed by atoms with Gasteiger partial charge in [-0.1, -0.05) is 23.8 Å². The van der Waals surface area contributed by atoms with Gasteiger partial charge in [0.15, 0.2) is 0 Å². The third kappa shape index (κ3) is 4.00. The number of hydrogen-bond acceptors (Lipinski definition) is 4. The highest BCUT2D eigenvalue weighted by molar-refractivity contribution is 6.08. The first kappa shape index (κ1) is 17.5. The number of nitrogens with two attached hydrogens (primary N) is 1. The fourth-order valence-electron chi connectivity index (χ4n) is 2.73. The number of carbonyl (C=O) groups is 1. The van der Waals surface area contributed by atoms with Gasteiger partial charge < -0.3 is 15.8 Å². The first-order valence-electron chi connectivity index (χ1n) is 8.32. The molecule has 0 fully saturated rings. The van der Waals surface area contributed by atoms with Crippen molar-refractivity contribution < 1.29 is 9.53 Å². The summed E-state index contributed by atoms with van der Waals surface area (Å²) >= 11 is 0. The van der Waals surface area contributed by atoms with E-state index in [1.54, 1.807) is 12.1 Å². The molecule has 1 aromatic heterocycles. The number of amides is 1. The van der Waals surface area contributed by atoms with Crippen LogP contribution >= 0.6 is 0 Å². The maximum absolute atomic E-state index is 12.6. The second-order valence-electron chi connectivity index (χ2n) is 6.24. The molecule has 3 aromatic rings. The normalized spacial score (nSPS) is 10.4. The number of benzene rings is 2. The Hall–Kier alpha value is -3.34. The first-order valence-corrected chi connectivity index (χ1v) is 8.32. The maximum atomic E-state index is 12.6. The van der Waals surface area contributed by atoms with Crippen LogP contribution in [0, 0.1) is 20.8 Å². The lowest BCUT2D eigenvalue weighted by Crippen LogP contribution is -2.17. The lowest BCUT2D eigenvalue weighted by Gasteiger charge is -2.12. The van der Waals surface area contributed by atoms with Gasteiger partial charge in [-0.05, 0) is 56.7 Å². The highest BCUT2D eigenvalue weighted by Crippen LogP contribution is 2.25. The molecule has 1 heterocycles. The Bertz CT molecular complexity index is 927. The van der Waals surface area contributed by atoms with Crippen molar-refractivity contribution in [3.05, 3.63) is 77.0 Å². The van der Waals surface area contributed by atoms with Gasteiger partial charge in [-0.3, -0.25) is 4.79 Å². The first-order chi connectivity index (χ1) is 12.4. The highest BCUT2D eigenvalue weighted by atomic mass is 16.5. The average Bonchev–Trinajstić information content (AvgIpc) is 2.56. The summed E-state index contributed by atoms with van der Waals surface area (Å²) in [7, 11) is 0. The predicted octanol–water partition coefficient (Wildman–Crippen LogP) is 4.63. The summed E-state index contributed by atoms with van der Waals surface area (Å²) in [5.41, 5.74) is 9.68. The second kappa shape index (κ2) is 7.27. The molecule has 2 aromatic carbocycles. The molecule has 0 aliphatic heterocycles. The van der Waals surface area contributed by atoms with Gasteiger partial charge in [-0.25, -0.2) is 4.98 Å². The van der Waals surface area contributed by atoms with Crippen LogP contribution in [0.1, 0.15) is 27.2 Å².